The number of carbonyl (C=O) groups is 1. The van der Waals surface area contributed by atoms with Crippen molar-refractivity contribution in [3.05, 3.63) is 0 Å². The van der Waals surface area contributed by atoms with Crippen molar-refractivity contribution in [3.63, 3.8) is 0 Å². The van der Waals surface area contributed by atoms with Crippen LogP contribution in [0.4, 0.5) is 0 Å². The highest BCUT2D eigenvalue weighted by Gasteiger charge is 2.14. The molecule has 1 rings (SSSR count). The lowest BCUT2D eigenvalue weighted by molar-refractivity contribution is -0.145. The average Bonchev–Trinajstić information content (AvgIpc) is 2.32. The summed E-state index contributed by atoms with van der Waals surface area (Å²) >= 11 is 0. The summed E-state index contributed by atoms with van der Waals surface area (Å²) < 4.78 is 5.33. The zero-order valence-electron chi connectivity index (χ0n) is 11.5. The molecule has 0 bridgehead atoms. The Morgan fingerprint density at radius 1 is 0.882 bits per heavy atom. The molecule has 0 spiro atoms. The van der Waals surface area contributed by atoms with Gasteiger partial charge in [-0.3, -0.25) is 4.79 Å². The van der Waals surface area contributed by atoms with Gasteiger partial charge in [-0.25, -0.2) is 0 Å². The minimum atomic E-state index is 0.00103. The molecule has 1 aliphatic heterocycles. The van der Waals surface area contributed by atoms with Crippen molar-refractivity contribution >= 4 is 5.97 Å². The zero-order valence-corrected chi connectivity index (χ0v) is 11.5. The van der Waals surface area contributed by atoms with E-state index in [0.29, 0.717) is 24.9 Å². The predicted octanol–water partition coefficient (Wildman–Crippen LogP) is 4.33. The number of esters is 1. The normalized spacial score (nSPS) is 30.4. The van der Waals surface area contributed by atoms with Gasteiger partial charge in [0.1, 0.15) is 0 Å². The van der Waals surface area contributed by atoms with Gasteiger partial charge < -0.3 is 4.74 Å². The molecule has 100 valence electrons. The summed E-state index contributed by atoms with van der Waals surface area (Å²) in [5, 5.41) is 0. The average molecular weight is 240 g/mol. The lowest BCUT2D eigenvalue weighted by Crippen LogP contribution is -2.18. The molecule has 0 radical (unpaired) electrons. The maximum atomic E-state index is 11.5. The largest absolute Gasteiger partial charge is 0.465 e. The van der Waals surface area contributed by atoms with E-state index < -0.39 is 0 Å². The minimum absolute atomic E-state index is 0.00103. The van der Waals surface area contributed by atoms with Gasteiger partial charge in [-0.15, -0.1) is 0 Å². The quantitative estimate of drug-likeness (QED) is 0.589. The lowest BCUT2D eigenvalue weighted by atomic mass is 9.91. The van der Waals surface area contributed by atoms with Gasteiger partial charge in [0, 0.05) is 6.42 Å². The Bertz CT molecular complexity index is 213. The molecule has 1 heterocycles. The van der Waals surface area contributed by atoms with Gasteiger partial charge in [-0.1, -0.05) is 58.8 Å². The first-order valence-corrected chi connectivity index (χ1v) is 7.36. The van der Waals surface area contributed by atoms with Crippen molar-refractivity contribution < 1.29 is 9.53 Å². The Morgan fingerprint density at radius 3 is 2.18 bits per heavy atom. The van der Waals surface area contributed by atoms with Crippen molar-refractivity contribution in [3.8, 4) is 0 Å². The standard InChI is InChI=1S/C15H28O2/c1-13-10-8-6-4-3-5-7-9-11-15(16)17-12-14(13)2/h13-14H,3-12H2,1-2H3/t13?,14-/m1/s1. The monoisotopic (exact) mass is 240 g/mol. The van der Waals surface area contributed by atoms with Crippen LogP contribution in [0.25, 0.3) is 0 Å². The summed E-state index contributed by atoms with van der Waals surface area (Å²) in [5.41, 5.74) is 0. The van der Waals surface area contributed by atoms with E-state index in [2.05, 4.69) is 13.8 Å². The minimum Gasteiger partial charge on any atom is -0.465 e. The van der Waals surface area contributed by atoms with Crippen LogP contribution in [0, 0.1) is 11.8 Å². The van der Waals surface area contributed by atoms with E-state index in [1.165, 1.54) is 44.9 Å². The molecule has 2 heteroatoms. The second-order valence-electron chi connectivity index (χ2n) is 5.65. The van der Waals surface area contributed by atoms with E-state index in [1.807, 2.05) is 0 Å². The number of ether oxygens (including phenoxy) is 1. The topological polar surface area (TPSA) is 26.3 Å². The van der Waals surface area contributed by atoms with E-state index in [-0.39, 0.29) is 5.97 Å². The third kappa shape index (κ3) is 6.70. The summed E-state index contributed by atoms with van der Waals surface area (Å²) in [6.45, 7) is 5.09. The molecule has 2 nitrogen and oxygen atoms in total. The highest BCUT2D eigenvalue weighted by Crippen LogP contribution is 2.20. The molecule has 1 fully saturated rings. The van der Waals surface area contributed by atoms with Crippen LogP contribution in [0.1, 0.15) is 71.6 Å². The summed E-state index contributed by atoms with van der Waals surface area (Å²) in [6, 6.07) is 0. The summed E-state index contributed by atoms with van der Waals surface area (Å²) in [4.78, 5) is 11.5. The van der Waals surface area contributed by atoms with Gasteiger partial charge in [0.2, 0.25) is 0 Å². The van der Waals surface area contributed by atoms with Crippen LogP contribution < -0.4 is 0 Å². The molecule has 0 saturated carbocycles. The molecule has 1 unspecified atom stereocenters. The van der Waals surface area contributed by atoms with Crippen LogP contribution in [0.5, 0.6) is 0 Å². The summed E-state index contributed by atoms with van der Waals surface area (Å²) in [5.74, 6) is 1.17. The van der Waals surface area contributed by atoms with Crippen LogP contribution in [0.3, 0.4) is 0 Å². The van der Waals surface area contributed by atoms with E-state index in [1.54, 1.807) is 0 Å². The van der Waals surface area contributed by atoms with Gasteiger partial charge in [0.05, 0.1) is 6.61 Å². The van der Waals surface area contributed by atoms with E-state index in [9.17, 15) is 4.79 Å². The first-order chi connectivity index (χ1) is 8.20. The number of hydrogen-bond acceptors (Lipinski definition) is 2. The Hall–Kier alpha value is -0.530. The van der Waals surface area contributed by atoms with Crippen molar-refractivity contribution in [1.82, 2.24) is 0 Å². The van der Waals surface area contributed by atoms with E-state index in [0.717, 1.165) is 6.42 Å². The molecule has 0 aromatic carbocycles. The SMILES string of the molecule is CC1CCCCCCCCCC(=O)OC[C@H]1C. The molecule has 0 aromatic rings. The third-order valence-corrected chi connectivity index (χ3v) is 4.02. The fourth-order valence-corrected chi connectivity index (χ4v) is 2.36. The van der Waals surface area contributed by atoms with Crippen molar-refractivity contribution in [2.45, 2.75) is 71.6 Å². The van der Waals surface area contributed by atoms with Gasteiger partial charge in [0.25, 0.3) is 0 Å². The molecule has 0 N–H and O–H groups in total. The van der Waals surface area contributed by atoms with Gasteiger partial charge in [-0.2, -0.15) is 0 Å². The van der Waals surface area contributed by atoms with Crippen LogP contribution in [0.15, 0.2) is 0 Å². The van der Waals surface area contributed by atoms with Crippen LogP contribution in [-0.2, 0) is 9.53 Å². The van der Waals surface area contributed by atoms with Gasteiger partial charge in [-0.05, 0) is 18.3 Å². The molecular formula is C15H28O2. The molecule has 1 saturated heterocycles. The summed E-state index contributed by atoms with van der Waals surface area (Å²) in [6.07, 6.45) is 10.8. The fourth-order valence-electron chi connectivity index (χ4n) is 2.36. The Morgan fingerprint density at radius 2 is 1.47 bits per heavy atom. The summed E-state index contributed by atoms with van der Waals surface area (Å²) in [7, 11) is 0. The van der Waals surface area contributed by atoms with Crippen LogP contribution in [0.2, 0.25) is 0 Å². The second-order valence-corrected chi connectivity index (χ2v) is 5.65. The first-order valence-electron chi connectivity index (χ1n) is 7.36. The Balaban J connectivity index is 2.34. The Labute approximate surface area is 106 Å². The fraction of sp³-hybridized carbons (Fsp3) is 0.933. The molecule has 2 atom stereocenters. The molecule has 17 heavy (non-hydrogen) atoms. The maximum Gasteiger partial charge on any atom is 0.305 e. The molecule has 0 amide bonds. The number of carbonyl (C=O) groups excluding carboxylic acids is 1. The van der Waals surface area contributed by atoms with Crippen molar-refractivity contribution in [1.29, 1.82) is 0 Å². The molecule has 0 aromatic heterocycles. The van der Waals surface area contributed by atoms with Gasteiger partial charge in [0.15, 0.2) is 0 Å². The lowest BCUT2D eigenvalue weighted by Gasteiger charge is -2.20. The first kappa shape index (κ1) is 14.5. The number of rotatable bonds is 0. The Kier molecular flexibility index (Phi) is 7.30. The van der Waals surface area contributed by atoms with Crippen molar-refractivity contribution in [2.75, 3.05) is 6.61 Å². The number of hydrogen-bond donors (Lipinski definition) is 0. The smallest absolute Gasteiger partial charge is 0.305 e. The maximum absolute atomic E-state index is 11.5. The molecular weight excluding hydrogens is 212 g/mol. The highest BCUT2D eigenvalue weighted by molar-refractivity contribution is 5.69. The zero-order chi connectivity index (χ0) is 12.5. The highest BCUT2D eigenvalue weighted by atomic mass is 16.5. The van der Waals surface area contributed by atoms with E-state index >= 15 is 0 Å². The molecule has 1 aliphatic rings. The van der Waals surface area contributed by atoms with Gasteiger partial charge >= 0.3 is 5.97 Å². The van der Waals surface area contributed by atoms with E-state index in [4.69, 9.17) is 4.74 Å². The second kappa shape index (κ2) is 8.54. The third-order valence-electron chi connectivity index (χ3n) is 4.02. The van der Waals surface area contributed by atoms with Crippen LogP contribution in [-0.4, -0.2) is 12.6 Å². The molecule has 0 aliphatic carbocycles. The predicted molar refractivity (Wildman–Crippen MR) is 70.8 cm³/mol. The number of cyclic esters (lactones) is 1. The van der Waals surface area contributed by atoms with Crippen LogP contribution >= 0.6 is 0 Å². The van der Waals surface area contributed by atoms with Crippen molar-refractivity contribution in [2.24, 2.45) is 11.8 Å².